The van der Waals surface area contributed by atoms with E-state index in [0.29, 0.717) is 29.3 Å². The van der Waals surface area contributed by atoms with Crippen LogP contribution in [-0.2, 0) is 23.2 Å². The third-order valence-corrected chi connectivity index (χ3v) is 3.60. The molecule has 2 aromatic rings. The van der Waals surface area contributed by atoms with E-state index >= 15 is 0 Å². The molecule has 0 fully saturated rings. The fraction of sp³-hybridized carbons (Fsp3) is 0.364. The van der Waals surface area contributed by atoms with Gasteiger partial charge in [0.25, 0.3) is 10.2 Å². The number of aliphatic imine (C=N–C) groups is 1. The van der Waals surface area contributed by atoms with Gasteiger partial charge in [0.1, 0.15) is 17.7 Å². The van der Waals surface area contributed by atoms with Crippen LogP contribution >= 0.6 is 11.6 Å². The molecule has 0 saturated carbocycles. The minimum Gasteiger partial charge on any atom is -0.466 e. The van der Waals surface area contributed by atoms with E-state index in [0.717, 1.165) is 0 Å². The van der Waals surface area contributed by atoms with Gasteiger partial charge in [0.2, 0.25) is 0 Å². The summed E-state index contributed by atoms with van der Waals surface area (Å²) in [5, 5.41) is 21.9. The molecular weight excluding hydrogens is 364 g/mol. The highest BCUT2D eigenvalue weighted by Gasteiger charge is 2.16. The molecule has 0 aliphatic rings. The molecule has 11 nitrogen and oxygen atoms in total. The minimum atomic E-state index is -3.74. The zero-order valence-electron chi connectivity index (χ0n) is 12.3. The van der Waals surface area contributed by atoms with Gasteiger partial charge in [-0.05, 0) is 18.0 Å². The summed E-state index contributed by atoms with van der Waals surface area (Å²) in [7, 11) is -3.74. The molecule has 0 aromatic carbocycles. The highest BCUT2D eigenvalue weighted by Crippen LogP contribution is 2.14. The Morgan fingerprint density at radius 2 is 2.25 bits per heavy atom. The first-order valence-corrected chi connectivity index (χ1v) is 8.58. The maximum atomic E-state index is 10.8. The zero-order valence-corrected chi connectivity index (χ0v) is 13.8. The van der Waals surface area contributed by atoms with Crippen molar-refractivity contribution in [3.63, 3.8) is 0 Å². The van der Waals surface area contributed by atoms with Crippen LogP contribution in [0, 0.1) is 0 Å². The number of nitrogens with two attached hydrogens (primary N) is 1. The van der Waals surface area contributed by atoms with Crippen molar-refractivity contribution in [3.8, 4) is 0 Å². The van der Waals surface area contributed by atoms with Gasteiger partial charge in [0.15, 0.2) is 11.5 Å². The summed E-state index contributed by atoms with van der Waals surface area (Å²) < 4.78 is 33.5. The van der Waals surface area contributed by atoms with Crippen LogP contribution in [0.1, 0.15) is 23.6 Å². The first kappa shape index (κ1) is 18.4. The quantitative estimate of drug-likeness (QED) is 0.215. The molecule has 0 aliphatic heterocycles. The zero-order chi connectivity index (χ0) is 17.6. The van der Waals surface area contributed by atoms with Crippen molar-refractivity contribution in [2.24, 2.45) is 10.1 Å². The van der Waals surface area contributed by atoms with Crippen LogP contribution in [0.3, 0.4) is 0 Å². The third kappa shape index (κ3) is 5.58. The monoisotopic (exact) mass is 378 g/mol. The number of nitrogens with zero attached hydrogens (tertiary/aromatic N) is 3. The number of aromatic nitrogens is 2. The Bertz CT molecular complexity index is 801. The van der Waals surface area contributed by atoms with Gasteiger partial charge >= 0.3 is 0 Å². The molecule has 24 heavy (non-hydrogen) atoms. The van der Waals surface area contributed by atoms with Crippen molar-refractivity contribution < 1.29 is 22.7 Å². The van der Waals surface area contributed by atoms with Crippen molar-refractivity contribution in [2.75, 3.05) is 6.54 Å². The molecular formula is C11H15ClN6O5S. The van der Waals surface area contributed by atoms with E-state index in [2.05, 4.69) is 24.7 Å². The van der Waals surface area contributed by atoms with Crippen LogP contribution in [-0.4, -0.2) is 36.3 Å². The van der Waals surface area contributed by atoms with Crippen LogP contribution in [0.25, 0.3) is 0 Å². The number of rotatable bonds is 8. The number of amidine groups is 1. The maximum Gasteiger partial charge on any atom is 0.274 e. The third-order valence-electron chi connectivity index (χ3n) is 2.80. The number of hydrogen-bond acceptors (Lipinski definition) is 8. The van der Waals surface area contributed by atoms with Gasteiger partial charge in [0, 0.05) is 12.6 Å². The molecule has 2 heterocycles. The fourth-order valence-electron chi connectivity index (χ4n) is 1.78. The average Bonchev–Trinajstić information content (AvgIpc) is 3.13. The van der Waals surface area contributed by atoms with Gasteiger partial charge in [-0.2, -0.15) is 8.42 Å². The molecule has 0 amide bonds. The summed E-state index contributed by atoms with van der Waals surface area (Å²) in [5.74, 6) is 0.515. The molecule has 0 aliphatic carbocycles. The number of halogens is 1. The van der Waals surface area contributed by atoms with Crippen LogP contribution in [0.4, 0.5) is 0 Å². The highest BCUT2D eigenvalue weighted by molar-refractivity contribution is 7.87. The van der Waals surface area contributed by atoms with Gasteiger partial charge in [-0.3, -0.25) is 15.7 Å². The molecule has 0 spiro atoms. The van der Waals surface area contributed by atoms with Crippen molar-refractivity contribution in [2.45, 2.75) is 19.4 Å². The smallest absolute Gasteiger partial charge is 0.274 e. The Hall–Kier alpha value is -1.99. The van der Waals surface area contributed by atoms with E-state index in [1.165, 1.54) is 6.26 Å². The molecule has 0 atom stereocenters. The predicted molar refractivity (Wildman–Crippen MR) is 82.6 cm³/mol. The van der Waals surface area contributed by atoms with Crippen molar-refractivity contribution >= 4 is 27.6 Å². The van der Waals surface area contributed by atoms with Gasteiger partial charge in [-0.25, -0.2) is 14.5 Å². The summed E-state index contributed by atoms with van der Waals surface area (Å²) in [6, 6.07) is 1.58. The minimum absolute atomic E-state index is 0.0261. The highest BCUT2D eigenvalue weighted by atomic mass is 35.5. The first-order chi connectivity index (χ1) is 11.4. The van der Waals surface area contributed by atoms with Crippen LogP contribution < -0.4 is 15.3 Å². The fourth-order valence-corrected chi connectivity index (χ4v) is 2.37. The lowest BCUT2D eigenvalue weighted by Crippen LogP contribution is -2.31. The second-order valence-corrected chi connectivity index (χ2v) is 6.43. The lowest BCUT2D eigenvalue weighted by Gasteiger charge is -2.03. The molecule has 13 heteroatoms. The van der Waals surface area contributed by atoms with Crippen LogP contribution in [0.5, 0.6) is 0 Å². The molecule has 132 valence electrons. The number of aryl methyl sites for hydroxylation is 1. The molecule has 0 unspecified atom stereocenters. The van der Waals surface area contributed by atoms with E-state index in [-0.39, 0.29) is 24.6 Å². The topological polar surface area (TPSA) is 169 Å². The van der Waals surface area contributed by atoms with E-state index in [1.54, 1.807) is 6.07 Å². The number of hydrogen-bond donors (Lipinski definition) is 4. The molecule has 0 radical (unpaired) electrons. The first-order valence-electron chi connectivity index (χ1n) is 6.65. The summed E-state index contributed by atoms with van der Waals surface area (Å²) in [5.41, 5.74) is 2.51. The molecule has 0 bridgehead atoms. The molecule has 2 rings (SSSR count). The maximum absolute atomic E-state index is 10.8. The Morgan fingerprint density at radius 3 is 2.88 bits per heavy atom. The van der Waals surface area contributed by atoms with Crippen LogP contribution in [0.2, 0.25) is 5.02 Å². The Balaban J connectivity index is 2.00. The molecule has 5 N–H and O–H groups in total. The summed E-state index contributed by atoms with van der Waals surface area (Å²) in [6.07, 6.45) is 2.08. The van der Waals surface area contributed by atoms with Gasteiger partial charge < -0.3 is 4.42 Å². The standard InChI is InChI=1S/C11H15ClN6O5S/c12-7-4-8(22-6-7)5-14-11(16-19)10-9(17-23-18-10)2-1-3-15-24(13,20)21/h4,6,15,19H,1-3,5H2,(H,14,16)(H2,13,20,21). The molecule has 0 saturated heterocycles. The lowest BCUT2D eigenvalue weighted by atomic mass is 10.2. The summed E-state index contributed by atoms with van der Waals surface area (Å²) in [6.45, 7) is 0.226. The summed E-state index contributed by atoms with van der Waals surface area (Å²) >= 11 is 5.74. The van der Waals surface area contributed by atoms with Gasteiger partial charge in [0.05, 0.1) is 11.6 Å². The largest absolute Gasteiger partial charge is 0.466 e. The summed E-state index contributed by atoms with van der Waals surface area (Å²) in [4.78, 5) is 4.11. The Morgan fingerprint density at radius 1 is 1.46 bits per heavy atom. The normalized spacial score (nSPS) is 12.5. The van der Waals surface area contributed by atoms with E-state index < -0.39 is 10.2 Å². The van der Waals surface area contributed by atoms with Crippen molar-refractivity contribution in [1.82, 2.24) is 20.5 Å². The van der Waals surface area contributed by atoms with Crippen LogP contribution in [0.15, 0.2) is 26.4 Å². The predicted octanol–water partition coefficient (Wildman–Crippen LogP) is -0.0327. The van der Waals surface area contributed by atoms with E-state index in [1.807, 2.05) is 5.48 Å². The Labute approximate surface area is 142 Å². The van der Waals surface area contributed by atoms with Crippen molar-refractivity contribution in [1.29, 1.82) is 0 Å². The van der Waals surface area contributed by atoms with Gasteiger partial charge in [-0.1, -0.05) is 16.8 Å². The van der Waals surface area contributed by atoms with Gasteiger partial charge in [-0.15, -0.1) is 0 Å². The number of nitrogens with one attached hydrogen (secondary N) is 2. The SMILES string of the molecule is NS(=O)(=O)NCCCc1nonc1C(=NCc1cc(Cl)co1)NO. The average molecular weight is 379 g/mol. The lowest BCUT2D eigenvalue weighted by molar-refractivity contribution is 0.233. The van der Waals surface area contributed by atoms with Crippen molar-refractivity contribution in [3.05, 3.63) is 34.5 Å². The second-order valence-electron chi connectivity index (χ2n) is 4.61. The molecule has 2 aromatic heterocycles. The van der Waals surface area contributed by atoms with E-state index in [9.17, 15) is 13.6 Å². The number of hydroxylamine groups is 1. The number of furan rings is 1. The second kappa shape index (κ2) is 8.21. The Kier molecular flexibility index (Phi) is 6.28. The van der Waals surface area contributed by atoms with E-state index in [4.69, 9.17) is 21.2 Å².